The first-order chi connectivity index (χ1) is 7.44. The van der Waals surface area contributed by atoms with Crippen molar-refractivity contribution in [3.05, 3.63) is 22.3 Å². The maximum absolute atomic E-state index is 11.0. The molecule has 0 aromatic rings. The Morgan fingerprint density at radius 2 is 2.25 bits per heavy atom. The molecule has 7 nitrogen and oxygen atoms in total. The van der Waals surface area contributed by atoms with Crippen molar-refractivity contribution in [2.45, 2.75) is 36.7 Å². The monoisotopic (exact) mass is 229 g/mol. The van der Waals surface area contributed by atoms with E-state index < -0.39 is 34.7 Å². The molecule has 16 heavy (non-hydrogen) atoms. The molecule has 0 amide bonds. The molecular formula is C9H11NO6. The normalized spacial score (nSPS) is 41.7. The molecule has 0 aromatic heterocycles. The number of carbonyl (C=O) groups is 1. The summed E-state index contributed by atoms with van der Waals surface area (Å²) in [5, 5.41) is 29.3. The molecule has 0 aromatic carbocycles. The number of nitrogens with zero attached hydrogens (tertiary/aromatic N) is 1. The molecule has 1 heterocycles. The number of aliphatic hydroxyl groups is 1. The molecule has 0 radical (unpaired) electrons. The van der Waals surface area contributed by atoms with Crippen LogP contribution in [-0.2, 0) is 9.53 Å². The Bertz CT molecular complexity index is 367. The van der Waals surface area contributed by atoms with Crippen LogP contribution in [0.15, 0.2) is 12.2 Å². The number of nitro groups is 1. The first-order valence-electron chi connectivity index (χ1n) is 4.85. The van der Waals surface area contributed by atoms with Crippen LogP contribution in [0.3, 0.4) is 0 Å². The highest BCUT2D eigenvalue weighted by Gasteiger charge is 2.54. The Morgan fingerprint density at radius 3 is 2.81 bits per heavy atom. The van der Waals surface area contributed by atoms with Gasteiger partial charge in [0, 0.05) is 4.92 Å². The van der Waals surface area contributed by atoms with E-state index in [0.29, 0.717) is 0 Å². The fourth-order valence-electron chi connectivity index (χ4n) is 2.15. The van der Waals surface area contributed by atoms with Crippen LogP contribution in [0.4, 0.5) is 0 Å². The topological polar surface area (TPSA) is 110 Å². The van der Waals surface area contributed by atoms with Gasteiger partial charge in [0.15, 0.2) is 6.10 Å². The molecule has 2 rings (SSSR count). The Labute approximate surface area is 90.5 Å². The quantitative estimate of drug-likeness (QED) is 0.377. The summed E-state index contributed by atoms with van der Waals surface area (Å²) in [6.45, 7) is 0. The molecule has 2 aliphatic rings. The van der Waals surface area contributed by atoms with Crippen molar-refractivity contribution in [2.75, 3.05) is 0 Å². The lowest BCUT2D eigenvalue weighted by Gasteiger charge is -2.39. The lowest BCUT2D eigenvalue weighted by Crippen LogP contribution is -2.56. The second kappa shape index (κ2) is 3.53. The van der Waals surface area contributed by atoms with Gasteiger partial charge in [-0.3, -0.25) is 10.1 Å². The molecule has 1 aliphatic carbocycles. The van der Waals surface area contributed by atoms with Gasteiger partial charge in [-0.15, -0.1) is 0 Å². The third-order valence-corrected chi connectivity index (χ3v) is 3.06. The summed E-state index contributed by atoms with van der Waals surface area (Å²) in [6.07, 6.45) is -0.623. The van der Waals surface area contributed by atoms with E-state index in [2.05, 4.69) is 0 Å². The van der Waals surface area contributed by atoms with Gasteiger partial charge in [-0.25, -0.2) is 4.79 Å². The third-order valence-electron chi connectivity index (χ3n) is 3.06. The number of aliphatic hydroxyl groups excluding tert-OH is 1. The van der Waals surface area contributed by atoms with Crippen molar-refractivity contribution in [1.29, 1.82) is 0 Å². The summed E-state index contributed by atoms with van der Waals surface area (Å²) in [5.74, 6) is -1.24. The summed E-state index contributed by atoms with van der Waals surface area (Å²) >= 11 is 0. The number of hydrogen-bond acceptors (Lipinski definition) is 5. The van der Waals surface area contributed by atoms with E-state index in [4.69, 9.17) is 9.84 Å². The van der Waals surface area contributed by atoms with Crippen LogP contribution in [0, 0.1) is 10.1 Å². The van der Waals surface area contributed by atoms with Crippen LogP contribution in [0.2, 0.25) is 0 Å². The van der Waals surface area contributed by atoms with Crippen molar-refractivity contribution in [3.8, 4) is 0 Å². The minimum atomic E-state index is -1.41. The Balaban J connectivity index is 2.34. The molecule has 1 saturated heterocycles. The fourth-order valence-corrected chi connectivity index (χ4v) is 2.15. The van der Waals surface area contributed by atoms with E-state index >= 15 is 0 Å². The van der Waals surface area contributed by atoms with Gasteiger partial charge in [0.1, 0.15) is 0 Å². The molecule has 1 aliphatic heterocycles. The summed E-state index contributed by atoms with van der Waals surface area (Å²) in [5.41, 5.74) is -1.41. The van der Waals surface area contributed by atoms with Crippen molar-refractivity contribution in [2.24, 2.45) is 0 Å². The maximum Gasteiger partial charge on any atom is 0.333 e. The number of fused-ring (bicyclic) bond motifs is 2. The van der Waals surface area contributed by atoms with Crippen LogP contribution in [0.1, 0.15) is 12.8 Å². The van der Waals surface area contributed by atoms with Crippen molar-refractivity contribution < 1.29 is 24.7 Å². The largest absolute Gasteiger partial charge is 0.479 e. The highest BCUT2D eigenvalue weighted by molar-refractivity contribution is 5.72. The standard InChI is InChI=1S/C9H11NO6/c11-5-1-2-9(10(14)15)3-6(5)16-7(4-9)8(12)13/h1-2,5-7,11H,3-4H2,(H,12,13)/t5?,6-,7+,9+/m1/s1. The third kappa shape index (κ3) is 1.57. The molecule has 2 N–H and O–H groups in total. The lowest BCUT2D eigenvalue weighted by molar-refractivity contribution is -0.567. The molecule has 4 atom stereocenters. The van der Waals surface area contributed by atoms with Gasteiger partial charge in [-0.05, 0) is 6.08 Å². The predicted octanol–water partition coefficient (Wildman–Crippen LogP) is -0.435. The van der Waals surface area contributed by atoms with Crippen molar-refractivity contribution in [1.82, 2.24) is 0 Å². The molecular weight excluding hydrogens is 218 g/mol. The highest BCUT2D eigenvalue weighted by atomic mass is 16.6. The molecule has 2 bridgehead atoms. The molecule has 0 saturated carbocycles. The van der Waals surface area contributed by atoms with Gasteiger partial charge in [0.2, 0.25) is 5.54 Å². The van der Waals surface area contributed by atoms with E-state index in [1.807, 2.05) is 0 Å². The van der Waals surface area contributed by atoms with Crippen molar-refractivity contribution in [3.63, 3.8) is 0 Å². The van der Waals surface area contributed by atoms with Gasteiger partial charge in [-0.2, -0.15) is 0 Å². The van der Waals surface area contributed by atoms with Crippen LogP contribution < -0.4 is 0 Å². The number of rotatable bonds is 2. The number of carboxylic acid groups (broad SMARTS) is 1. The number of hydrogen-bond donors (Lipinski definition) is 2. The fraction of sp³-hybridized carbons (Fsp3) is 0.667. The zero-order valence-electron chi connectivity index (χ0n) is 8.28. The summed E-state index contributed by atoms with van der Waals surface area (Å²) in [7, 11) is 0. The van der Waals surface area contributed by atoms with Gasteiger partial charge < -0.3 is 14.9 Å². The minimum absolute atomic E-state index is 0.0153. The second-order valence-electron chi connectivity index (χ2n) is 4.12. The van der Waals surface area contributed by atoms with Gasteiger partial charge in [0.05, 0.1) is 25.0 Å². The van der Waals surface area contributed by atoms with Gasteiger partial charge in [-0.1, -0.05) is 6.08 Å². The minimum Gasteiger partial charge on any atom is -0.479 e. The van der Waals surface area contributed by atoms with E-state index in [0.717, 1.165) is 0 Å². The zero-order valence-corrected chi connectivity index (χ0v) is 8.28. The number of ether oxygens (including phenoxy) is 1. The predicted molar refractivity (Wildman–Crippen MR) is 50.4 cm³/mol. The molecule has 1 unspecified atom stereocenters. The van der Waals surface area contributed by atoms with Gasteiger partial charge in [0.25, 0.3) is 0 Å². The Morgan fingerprint density at radius 1 is 1.56 bits per heavy atom. The Kier molecular flexibility index (Phi) is 2.43. The van der Waals surface area contributed by atoms with Crippen LogP contribution in [0.5, 0.6) is 0 Å². The first-order valence-corrected chi connectivity index (χ1v) is 4.85. The maximum atomic E-state index is 11.0. The Hall–Kier alpha value is -1.47. The van der Waals surface area contributed by atoms with Crippen molar-refractivity contribution >= 4 is 5.97 Å². The van der Waals surface area contributed by atoms with E-state index in [9.17, 15) is 20.0 Å². The molecule has 7 heteroatoms. The van der Waals surface area contributed by atoms with Gasteiger partial charge >= 0.3 is 5.97 Å². The number of carboxylic acids is 1. The van der Waals surface area contributed by atoms with E-state index in [1.54, 1.807) is 0 Å². The van der Waals surface area contributed by atoms with E-state index in [1.165, 1.54) is 12.2 Å². The zero-order chi connectivity index (χ0) is 11.9. The summed E-state index contributed by atoms with van der Waals surface area (Å²) in [4.78, 5) is 21.3. The van der Waals surface area contributed by atoms with Crippen LogP contribution >= 0.6 is 0 Å². The summed E-state index contributed by atoms with van der Waals surface area (Å²) < 4.78 is 5.10. The SMILES string of the molecule is O=C(O)[C@@H]1C[C@]2([N+](=O)[O-])C=CC(O)[C@@H](C2)O1. The average Bonchev–Trinajstić information content (AvgIpc) is 2.23. The molecule has 0 spiro atoms. The second-order valence-corrected chi connectivity index (χ2v) is 4.12. The van der Waals surface area contributed by atoms with Crippen LogP contribution in [-0.4, -0.2) is 45.0 Å². The number of aliphatic carboxylic acids is 1. The summed E-state index contributed by atoms with van der Waals surface area (Å²) in [6, 6.07) is 0. The smallest absolute Gasteiger partial charge is 0.333 e. The lowest BCUT2D eigenvalue weighted by atomic mass is 9.78. The highest BCUT2D eigenvalue weighted by Crippen LogP contribution is 2.37. The van der Waals surface area contributed by atoms with E-state index in [-0.39, 0.29) is 12.8 Å². The molecule has 88 valence electrons. The average molecular weight is 229 g/mol. The van der Waals surface area contributed by atoms with Crippen LogP contribution in [0.25, 0.3) is 0 Å². The first kappa shape index (κ1) is 11.0. The molecule has 1 fully saturated rings.